The lowest BCUT2D eigenvalue weighted by atomic mass is 9.89. The maximum atomic E-state index is 12.3. The summed E-state index contributed by atoms with van der Waals surface area (Å²) in [5.74, 6) is -5.46. The molecule has 2 aliphatic rings. The number of likely N-dealkylation sites (tertiary alicyclic amines) is 1. The fraction of sp³-hybridized carbons (Fsp3) is 0.500. The van der Waals surface area contributed by atoms with Crippen molar-refractivity contribution < 1.29 is 60.1 Å². The number of hydrogen-bond acceptors (Lipinski definition) is 7. The Morgan fingerprint density at radius 1 is 1.00 bits per heavy atom. The van der Waals surface area contributed by atoms with Crippen molar-refractivity contribution in [2.45, 2.75) is 50.8 Å². The van der Waals surface area contributed by atoms with Crippen LogP contribution in [0, 0.1) is 6.92 Å². The Balaban J connectivity index is 0.000000333. The van der Waals surface area contributed by atoms with Gasteiger partial charge in [0.2, 0.25) is 5.91 Å². The van der Waals surface area contributed by atoms with Gasteiger partial charge in [0, 0.05) is 30.9 Å². The van der Waals surface area contributed by atoms with Gasteiger partial charge in [0.25, 0.3) is 0 Å². The van der Waals surface area contributed by atoms with Crippen molar-refractivity contribution in [2.75, 3.05) is 26.2 Å². The number of carbonyl (C=O) groups excluding carboxylic acids is 1. The van der Waals surface area contributed by atoms with E-state index in [2.05, 4.69) is 9.88 Å². The molecule has 2 aliphatic heterocycles. The molecule has 0 unspecified atom stereocenters. The number of furan rings is 1. The molecular weight excluding hydrogens is 556 g/mol. The minimum Gasteiger partial charge on any atom is -0.475 e. The summed E-state index contributed by atoms with van der Waals surface area (Å²) in [6.45, 7) is 6.20. The summed E-state index contributed by atoms with van der Waals surface area (Å²) in [4.78, 5) is 39.0. The van der Waals surface area contributed by atoms with Crippen molar-refractivity contribution in [1.82, 2.24) is 14.8 Å². The summed E-state index contributed by atoms with van der Waals surface area (Å²) in [6.07, 6.45) is -4.77. The number of halogens is 6. The molecule has 1 spiro atoms. The highest BCUT2D eigenvalue weighted by molar-refractivity contribution is 5.78. The number of morpholine rings is 1. The van der Waals surface area contributed by atoms with Crippen LogP contribution in [0.3, 0.4) is 0 Å². The number of aliphatic carboxylic acids is 2. The summed E-state index contributed by atoms with van der Waals surface area (Å²) in [5.41, 5.74) is 2.90. The van der Waals surface area contributed by atoms with Gasteiger partial charge in [-0.05, 0) is 38.0 Å². The number of carboxylic acids is 2. The molecular formula is C24H27F6N3O7. The highest BCUT2D eigenvalue weighted by Gasteiger charge is 2.42. The van der Waals surface area contributed by atoms with Crippen LogP contribution in [0.15, 0.2) is 41.2 Å². The SMILES string of the molecule is Cc1cccc(CN2CC3(CCN(Cc4ccoc4)CC3)OCC2=O)n1.O=C(O)C(F)(F)F.O=C(O)C(F)(F)F. The van der Waals surface area contributed by atoms with E-state index in [1.54, 1.807) is 12.5 Å². The first-order valence-electron chi connectivity index (χ1n) is 11.7. The van der Waals surface area contributed by atoms with Crippen molar-refractivity contribution >= 4 is 17.8 Å². The molecule has 222 valence electrons. The van der Waals surface area contributed by atoms with Gasteiger partial charge in [0.15, 0.2) is 0 Å². The summed E-state index contributed by atoms with van der Waals surface area (Å²) < 4.78 is 74.7. The van der Waals surface area contributed by atoms with Gasteiger partial charge in [-0.2, -0.15) is 26.3 Å². The van der Waals surface area contributed by atoms with E-state index >= 15 is 0 Å². The normalized spacial score (nSPS) is 17.4. The van der Waals surface area contributed by atoms with E-state index in [1.807, 2.05) is 36.1 Å². The van der Waals surface area contributed by atoms with E-state index in [4.69, 9.17) is 29.0 Å². The van der Waals surface area contributed by atoms with Crippen LogP contribution in [0.5, 0.6) is 0 Å². The van der Waals surface area contributed by atoms with E-state index in [0.29, 0.717) is 13.1 Å². The van der Waals surface area contributed by atoms with Gasteiger partial charge in [-0.1, -0.05) is 6.07 Å². The number of aromatic nitrogens is 1. The quantitative estimate of drug-likeness (QED) is 0.518. The van der Waals surface area contributed by atoms with Crippen molar-refractivity contribution in [3.05, 3.63) is 53.7 Å². The van der Waals surface area contributed by atoms with E-state index < -0.39 is 24.3 Å². The van der Waals surface area contributed by atoms with Gasteiger partial charge in [0.1, 0.15) is 6.61 Å². The Morgan fingerprint density at radius 2 is 1.57 bits per heavy atom. The lowest BCUT2D eigenvalue weighted by Gasteiger charge is -2.47. The van der Waals surface area contributed by atoms with E-state index in [1.165, 1.54) is 5.56 Å². The number of hydrogen-bond donors (Lipinski definition) is 2. The predicted molar refractivity (Wildman–Crippen MR) is 124 cm³/mol. The van der Waals surface area contributed by atoms with Crippen molar-refractivity contribution in [3.8, 4) is 0 Å². The molecule has 1 amide bonds. The maximum Gasteiger partial charge on any atom is 0.490 e. The molecule has 40 heavy (non-hydrogen) atoms. The molecule has 0 bridgehead atoms. The van der Waals surface area contributed by atoms with Crippen molar-refractivity contribution in [1.29, 1.82) is 0 Å². The third-order valence-corrected chi connectivity index (χ3v) is 5.87. The van der Waals surface area contributed by atoms with E-state index in [0.717, 1.165) is 43.9 Å². The number of rotatable bonds is 4. The van der Waals surface area contributed by atoms with Gasteiger partial charge >= 0.3 is 24.3 Å². The van der Waals surface area contributed by atoms with Crippen LogP contribution in [0.1, 0.15) is 29.8 Å². The topological polar surface area (TPSA) is 133 Å². The van der Waals surface area contributed by atoms with Crippen molar-refractivity contribution in [2.24, 2.45) is 0 Å². The van der Waals surface area contributed by atoms with Crippen LogP contribution in [-0.4, -0.2) is 87.0 Å². The molecule has 0 aliphatic carbocycles. The summed E-state index contributed by atoms with van der Waals surface area (Å²) in [7, 11) is 0. The number of carbonyl (C=O) groups is 3. The molecule has 16 heteroatoms. The highest BCUT2D eigenvalue weighted by Crippen LogP contribution is 2.31. The molecule has 0 aromatic carbocycles. The Hall–Kier alpha value is -3.66. The second-order valence-corrected chi connectivity index (χ2v) is 9.01. The highest BCUT2D eigenvalue weighted by atomic mass is 19.4. The smallest absolute Gasteiger partial charge is 0.475 e. The second-order valence-electron chi connectivity index (χ2n) is 9.01. The molecule has 0 saturated carbocycles. The van der Waals surface area contributed by atoms with Gasteiger partial charge in [-0.3, -0.25) is 14.7 Å². The fourth-order valence-corrected chi connectivity index (χ4v) is 3.88. The Labute approximate surface area is 224 Å². The zero-order valence-corrected chi connectivity index (χ0v) is 21.2. The minimum atomic E-state index is -5.08. The van der Waals surface area contributed by atoms with Crippen LogP contribution in [0.4, 0.5) is 26.3 Å². The zero-order valence-electron chi connectivity index (χ0n) is 21.2. The van der Waals surface area contributed by atoms with Crippen LogP contribution >= 0.6 is 0 Å². The first-order valence-corrected chi connectivity index (χ1v) is 11.7. The number of piperidine rings is 1. The summed E-state index contributed by atoms with van der Waals surface area (Å²) >= 11 is 0. The van der Waals surface area contributed by atoms with Crippen LogP contribution in [0.25, 0.3) is 0 Å². The molecule has 2 aromatic heterocycles. The van der Waals surface area contributed by atoms with Crippen LogP contribution < -0.4 is 0 Å². The number of alkyl halides is 6. The summed E-state index contributed by atoms with van der Waals surface area (Å²) in [5, 5.41) is 14.2. The first kappa shape index (κ1) is 32.6. The Kier molecular flexibility index (Phi) is 11.1. The van der Waals surface area contributed by atoms with E-state index in [9.17, 15) is 31.1 Å². The standard InChI is InChI=1S/C20H25N3O3.2C2HF3O2/c1-16-3-2-4-18(21-16)12-23-15-20(26-14-19(23)24)6-8-22(9-7-20)11-17-5-10-25-13-17;2*3-2(4,5)1(6)7/h2-5,10,13H,6-9,11-12,14-15H2,1H3;2*(H,6,7). The number of nitrogens with zero attached hydrogens (tertiary/aromatic N) is 3. The number of pyridine rings is 1. The Bertz CT molecular complexity index is 1110. The first-order chi connectivity index (χ1) is 18.5. The molecule has 0 radical (unpaired) electrons. The number of amides is 1. The third kappa shape index (κ3) is 10.5. The molecule has 2 saturated heterocycles. The van der Waals surface area contributed by atoms with Gasteiger partial charge in [0.05, 0.1) is 36.9 Å². The lowest BCUT2D eigenvalue weighted by molar-refractivity contribution is -0.193. The average molecular weight is 583 g/mol. The molecule has 10 nitrogen and oxygen atoms in total. The number of ether oxygens (including phenoxy) is 1. The van der Waals surface area contributed by atoms with Crippen LogP contribution in [-0.2, 0) is 32.2 Å². The predicted octanol–water partition coefficient (Wildman–Crippen LogP) is 3.64. The third-order valence-electron chi connectivity index (χ3n) is 5.87. The molecule has 4 heterocycles. The maximum absolute atomic E-state index is 12.3. The van der Waals surface area contributed by atoms with E-state index in [-0.39, 0.29) is 18.1 Å². The molecule has 2 fully saturated rings. The lowest BCUT2D eigenvalue weighted by Crippen LogP contribution is -2.58. The minimum absolute atomic E-state index is 0.0553. The molecule has 0 atom stereocenters. The van der Waals surface area contributed by atoms with Gasteiger partial charge in [-0.25, -0.2) is 9.59 Å². The van der Waals surface area contributed by atoms with Crippen molar-refractivity contribution in [3.63, 3.8) is 0 Å². The fourth-order valence-electron chi connectivity index (χ4n) is 3.88. The summed E-state index contributed by atoms with van der Waals surface area (Å²) in [6, 6.07) is 7.96. The molecule has 2 aromatic rings. The largest absolute Gasteiger partial charge is 0.490 e. The monoisotopic (exact) mass is 583 g/mol. The average Bonchev–Trinajstić information content (AvgIpc) is 3.36. The second kappa shape index (κ2) is 13.6. The molecule has 2 N–H and O–H groups in total. The Morgan fingerprint density at radius 3 is 2.05 bits per heavy atom. The molecule has 4 rings (SSSR count). The number of aryl methyl sites for hydroxylation is 1. The number of carboxylic acid groups (broad SMARTS) is 2. The zero-order chi connectivity index (χ0) is 30.1. The van der Waals surface area contributed by atoms with Gasteiger partial charge in [-0.15, -0.1) is 0 Å². The van der Waals surface area contributed by atoms with Crippen LogP contribution in [0.2, 0.25) is 0 Å². The van der Waals surface area contributed by atoms with Gasteiger partial charge < -0.3 is 24.3 Å².